The molecule has 2 aromatic rings. The number of nitrogens with one attached hydrogen (secondary N) is 1. The van der Waals surface area contributed by atoms with Gasteiger partial charge in [0, 0.05) is 37.1 Å². The predicted molar refractivity (Wildman–Crippen MR) is 83.2 cm³/mol. The summed E-state index contributed by atoms with van der Waals surface area (Å²) >= 11 is 0. The smallest absolute Gasteiger partial charge is 0.269 e. The Bertz CT molecular complexity index is 575. The zero-order valence-electron chi connectivity index (χ0n) is 12.3. The molecule has 0 radical (unpaired) electrons. The number of nitrogens with zero attached hydrogens (tertiary/aromatic N) is 2. The molecule has 0 bridgehead atoms. The van der Waals surface area contributed by atoms with Crippen LogP contribution in [0.15, 0.2) is 42.6 Å². The highest BCUT2D eigenvalue weighted by molar-refractivity contribution is 5.32. The Kier molecular flexibility index (Phi) is 5.51. The Morgan fingerprint density at radius 3 is 2.67 bits per heavy atom. The van der Waals surface area contributed by atoms with Gasteiger partial charge in [-0.3, -0.25) is 10.1 Å². The van der Waals surface area contributed by atoms with Gasteiger partial charge in [0.15, 0.2) is 0 Å². The minimum Gasteiger partial charge on any atom is -0.350 e. The van der Waals surface area contributed by atoms with Crippen LogP contribution in [0.25, 0.3) is 0 Å². The lowest BCUT2D eigenvalue weighted by molar-refractivity contribution is -0.384. The van der Waals surface area contributed by atoms with Gasteiger partial charge in [-0.05, 0) is 37.1 Å². The lowest BCUT2D eigenvalue weighted by atomic mass is 10.1. The van der Waals surface area contributed by atoms with Crippen molar-refractivity contribution in [2.45, 2.75) is 32.9 Å². The van der Waals surface area contributed by atoms with Crippen molar-refractivity contribution in [3.8, 4) is 0 Å². The molecular weight excluding hydrogens is 266 g/mol. The lowest BCUT2D eigenvalue weighted by Crippen LogP contribution is -2.18. The van der Waals surface area contributed by atoms with Gasteiger partial charge in [-0.15, -0.1) is 0 Å². The molecule has 1 N–H and O–H groups in total. The monoisotopic (exact) mass is 287 g/mol. The minimum absolute atomic E-state index is 0.143. The van der Waals surface area contributed by atoms with E-state index in [1.165, 1.54) is 5.69 Å². The SMILES string of the molecule is CCCn1cccc1CNCCc1ccc([N+](=O)[O-])cc1. The summed E-state index contributed by atoms with van der Waals surface area (Å²) in [6, 6.07) is 11.0. The molecule has 5 nitrogen and oxygen atoms in total. The molecule has 0 spiro atoms. The number of non-ortho nitro benzene ring substituents is 1. The van der Waals surface area contributed by atoms with Gasteiger partial charge in [-0.2, -0.15) is 0 Å². The van der Waals surface area contributed by atoms with E-state index in [1.807, 2.05) is 12.1 Å². The van der Waals surface area contributed by atoms with Crippen LogP contribution in [-0.2, 0) is 19.5 Å². The summed E-state index contributed by atoms with van der Waals surface area (Å²) in [5.41, 5.74) is 2.54. The number of rotatable bonds is 8. The molecule has 0 saturated carbocycles. The van der Waals surface area contributed by atoms with Gasteiger partial charge in [-0.1, -0.05) is 19.1 Å². The van der Waals surface area contributed by atoms with Gasteiger partial charge in [0.25, 0.3) is 5.69 Å². The van der Waals surface area contributed by atoms with Crippen LogP contribution in [-0.4, -0.2) is 16.0 Å². The van der Waals surface area contributed by atoms with Gasteiger partial charge in [0.05, 0.1) is 4.92 Å². The molecule has 0 unspecified atom stereocenters. The third-order valence-electron chi connectivity index (χ3n) is 3.43. The van der Waals surface area contributed by atoms with Gasteiger partial charge in [0.1, 0.15) is 0 Å². The first-order chi connectivity index (χ1) is 10.2. The molecule has 1 heterocycles. The van der Waals surface area contributed by atoms with E-state index < -0.39 is 0 Å². The summed E-state index contributed by atoms with van der Waals surface area (Å²) in [7, 11) is 0. The topological polar surface area (TPSA) is 60.1 Å². The van der Waals surface area contributed by atoms with Gasteiger partial charge < -0.3 is 9.88 Å². The summed E-state index contributed by atoms with van der Waals surface area (Å²) in [5.74, 6) is 0. The zero-order valence-corrected chi connectivity index (χ0v) is 12.3. The molecule has 21 heavy (non-hydrogen) atoms. The molecule has 5 heteroatoms. The second-order valence-electron chi connectivity index (χ2n) is 5.04. The highest BCUT2D eigenvalue weighted by Gasteiger charge is 2.04. The van der Waals surface area contributed by atoms with Crippen molar-refractivity contribution >= 4 is 5.69 Å². The zero-order chi connectivity index (χ0) is 15.1. The molecule has 0 aliphatic carbocycles. The van der Waals surface area contributed by atoms with Crippen LogP contribution in [0.4, 0.5) is 5.69 Å². The average Bonchev–Trinajstić information content (AvgIpc) is 2.92. The Labute approximate surface area is 124 Å². The van der Waals surface area contributed by atoms with E-state index in [9.17, 15) is 10.1 Å². The van der Waals surface area contributed by atoms with E-state index in [4.69, 9.17) is 0 Å². The maximum Gasteiger partial charge on any atom is 0.269 e. The summed E-state index contributed by atoms with van der Waals surface area (Å²) in [5, 5.41) is 14.0. The number of hydrogen-bond donors (Lipinski definition) is 1. The van der Waals surface area contributed by atoms with Gasteiger partial charge in [-0.25, -0.2) is 0 Å². The summed E-state index contributed by atoms with van der Waals surface area (Å²) in [4.78, 5) is 10.2. The van der Waals surface area contributed by atoms with Crippen molar-refractivity contribution in [1.82, 2.24) is 9.88 Å². The predicted octanol–water partition coefficient (Wildman–Crippen LogP) is 3.14. The van der Waals surface area contributed by atoms with Crippen molar-refractivity contribution in [3.63, 3.8) is 0 Å². The van der Waals surface area contributed by atoms with Crippen LogP contribution in [0.1, 0.15) is 24.6 Å². The highest BCUT2D eigenvalue weighted by Crippen LogP contribution is 2.12. The molecule has 0 aliphatic heterocycles. The number of aryl methyl sites for hydroxylation is 1. The summed E-state index contributed by atoms with van der Waals surface area (Å²) < 4.78 is 2.26. The Morgan fingerprint density at radius 2 is 2.00 bits per heavy atom. The molecule has 0 atom stereocenters. The molecule has 112 valence electrons. The van der Waals surface area contributed by atoms with Crippen molar-refractivity contribution in [2.75, 3.05) is 6.54 Å². The van der Waals surface area contributed by atoms with Crippen molar-refractivity contribution in [3.05, 3.63) is 64.0 Å². The first-order valence-electron chi connectivity index (χ1n) is 7.28. The third kappa shape index (κ3) is 4.43. The van der Waals surface area contributed by atoms with Gasteiger partial charge >= 0.3 is 0 Å². The number of benzene rings is 1. The quantitative estimate of drug-likeness (QED) is 0.461. The summed E-state index contributed by atoms with van der Waals surface area (Å²) in [6.45, 7) is 4.92. The molecule has 0 amide bonds. The van der Waals surface area contributed by atoms with Crippen molar-refractivity contribution in [2.24, 2.45) is 0 Å². The van der Waals surface area contributed by atoms with Crippen molar-refractivity contribution < 1.29 is 4.92 Å². The minimum atomic E-state index is -0.371. The number of hydrogen-bond acceptors (Lipinski definition) is 3. The van der Waals surface area contributed by atoms with Gasteiger partial charge in [0.2, 0.25) is 0 Å². The Balaban J connectivity index is 1.76. The first-order valence-corrected chi connectivity index (χ1v) is 7.28. The maximum absolute atomic E-state index is 10.6. The number of aromatic nitrogens is 1. The fraction of sp³-hybridized carbons (Fsp3) is 0.375. The Morgan fingerprint density at radius 1 is 1.24 bits per heavy atom. The van der Waals surface area contributed by atoms with Crippen LogP contribution in [0.5, 0.6) is 0 Å². The molecule has 2 rings (SSSR count). The second-order valence-corrected chi connectivity index (χ2v) is 5.04. The maximum atomic E-state index is 10.6. The molecule has 0 saturated heterocycles. The molecule has 0 fully saturated rings. The van der Waals surface area contributed by atoms with E-state index in [1.54, 1.807) is 12.1 Å². The standard InChI is InChI=1S/C16H21N3O2/c1-2-11-18-12-3-4-16(18)13-17-10-9-14-5-7-15(8-6-14)19(20)21/h3-8,12,17H,2,9-11,13H2,1H3. The van der Waals surface area contributed by atoms with E-state index in [0.29, 0.717) is 0 Å². The fourth-order valence-corrected chi connectivity index (χ4v) is 2.30. The number of nitro benzene ring substituents is 1. The van der Waals surface area contributed by atoms with Crippen LogP contribution in [0.3, 0.4) is 0 Å². The third-order valence-corrected chi connectivity index (χ3v) is 3.43. The summed E-state index contributed by atoms with van der Waals surface area (Å²) in [6.07, 6.45) is 4.10. The number of nitro groups is 1. The first kappa shape index (κ1) is 15.3. The van der Waals surface area contributed by atoms with E-state index >= 15 is 0 Å². The van der Waals surface area contributed by atoms with Crippen LogP contribution >= 0.6 is 0 Å². The second kappa shape index (κ2) is 7.59. The molecular formula is C16H21N3O2. The van der Waals surface area contributed by atoms with Crippen LogP contribution < -0.4 is 5.32 Å². The fourth-order valence-electron chi connectivity index (χ4n) is 2.30. The van der Waals surface area contributed by atoms with E-state index in [-0.39, 0.29) is 10.6 Å². The molecule has 1 aromatic carbocycles. The highest BCUT2D eigenvalue weighted by atomic mass is 16.6. The van der Waals surface area contributed by atoms with Crippen LogP contribution in [0, 0.1) is 10.1 Å². The lowest BCUT2D eigenvalue weighted by Gasteiger charge is -2.09. The van der Waals surface area contributed by atoms with E-state index in [2.05, 4.69) is 35.1 Å². The molecule has 0 aliphatic rings. The van der Waals surface area contributed by atoms with E-state index in [0.717, 1.165) is 38.0 Å². The van der Waals surface area contributed by atoms with Crippen molar-refractivity contribution in [1.29, 1.82) is 0 Å². The largest absolute Gasteiger partial charge is 0.350 e. The normalized spacial score (nSPS) is 10.7. The average molecular weight is 287 g/mol. The Hall–Kier alpha value is -2.14. The van der Waals surface area contributed by atoms with Crippen LogP contribution in [0.2, 0.25) is 0 Å². The molecule has 1 aromatic heterocycles.